The second-order valence-electron chi connectivity index (χ2n) is 6.18. The number of aromatic nitrogens is 2. The normalized spacial score (nSPS) is 14.9. The first-order chi connectivity index (χ1) is 13.4. The van der Waals surface area contributed by atoms with Crippen molar-refractivity contribution < 1.29 is 4.79 Å². The summed E-state index contributed by atoms with van der Waals surface area (Å²) in [6.45, 7) is 5.82. The molecule has 2 aromatic rings. The molecule has 1 aliphatic heterocycles. The molecule has 0 spiro atoms. The third kappa shape index (κ3) is 5.65. The van der Waals surface area contributed by atoms with Gasteiger partial charge in [-0.2, -0.15) is 5.10 Å². The quantitative estimate of drug-likeness (QED) is 0.511. The highest BCUT2D eigenvalue weighted by Crippen LogP contribution is 2.24. The average molecular weight is 478 g/mol. The third-order valence-corrected chi connectivity index (χ3v) is 6.52. The van der Waals surface area contributed by atoms with E-state index in [1.54, 1.807) is 0 Å². The second-order valence-corrected chi connectivity index (χ2v) is 9.23. The van der Waals surface area contributed by atoms with Crippen molar-refractivity contribution in [2.75, 3.05) is 5.75 Å². The fourth-order valence-electron chi connectivity index (χ4n) is 2.53. The minimum Gasteiger partial charge on any atom is -0.303 e. The molecule has 1 aromatic carbocycles. The maximum atomic E-state index is 12.7. The van der Waals surface area contributed by atoms with E-state index >= 15 is 0 Å². The number of hydrogen-bond acceptors (Lipinski definition) is 7. The molecule has 6 nitrogen and oxygen atoms in total. The van der Waals surface area contributed by atoms with Crippen LogP contribution in [0.1, 0.15) is 30.3 Å². The maximum Gasteiger partial charge on any atom is 0.239 e. The number of amides is 1. The Bertz CT molecular complexity index is 910. The lowest BCUT2D eigenvalue weighted by Gasteiger charge is -2.16. The molecule has 1 N–H and O–H groups in total. The van der Waals surface area contributed by atoms with E-state index in [0.717, 1.165) is 27.1 Å². The average Bonchev–Trinajstić information content (AvgIpc) is 2.66. The van der Waals surface area contributed by atoms with Crippen LogP contribution in [-0.4, -0.2) is 37.8 Å². The first kappa shape index (κ1) is 21.0. The Morgan fingerprint density at radius 3 is 2.46 bits per heavy atom. The summed E-state index contributed by atoms with van der Waals surface area (Å²) in [6.07, 6.45) is 0.665. The smallest absolute Gasteiger partial charge is 0.239 e. The molecule has 0 aliphatic carbocycles. The van der Waals surface area contributed by atoms with Crippen LogP contribution >= 0.6 is 39.5 Å². The zero-order valence-corrected chi connectivity index (χ0v) is 19.0. The molecule has 1 amide bonds. The van der Waals surface area contributed by atoms with Gasteiger partial charge in [0.05, 0.1) is 11.0 Å². The number of halogens is 1. The number of amidine groups is 1. The number of nitrogens with one attached hydrogen (secondary N) is 1. The van der Waals surface area contributed by atoms with E-state index in [1.165, 1.54) is 23.5 Å². The Hall–Kier alpha value is -1.71. The lowest BCUT2D eigenvalue weighted by molar-refractivity contribution is -0.119. The van der Waals surface area contributed by atoms with Gasteiger partial charge in [-0.15, -0.1) is 5.10 Å². The first-order valence-corrected chi connectivity index (χ1v) is 11.4. The second kappa shape index (κ2) is 9.67. The van der Waals surface area contributed by atoms with E-state index in [0.29, 0.717) is 22.5 Å². The van der Waals surface area contributed by atoms with Gasteiger partial charge in [-0.3, -0.25) is 4.79 Å². The predicted molar refractivity (Wildman–Crippen MR) is 120 cm³/mol. The number of rotatable bonds is 5. The minimum atomic E-state index is -0.290. The van der Waals surface area contributed by atoms with Crippen molar-refractivity contribution in [1.29, 1.82) is 0 Å². The van der Waals surface area contributed by atoms with Gasteiger partial charge in [0.15, 0.2) is 10.3 Å². The standard InChI is InChI=1S/C19H20BrN5OS2/c1-4-16(28-18-21-11(2)9-12(3)22-18)17(26)23-19-25-24-15(10-27-19)13-5-7-14(20)8-6-13/h5-9,16H,4,10H2,1-3H3,(H,23,25,26)/t16-/m0/s1. The number of hydrogen-bond donors (Lipinski definition) is 1. The van der Waals surface area contributed by atoms with Crippen molar-refractivity contribution in [1.82, 2.24) is 15.3 Å². The van der Waals surface area contributed by atoms with Crippen molar-refractivity contribution in [3.05, 3.63) is 51.8 Å². The molecule has 3 rings (SSSR count). The van der Waals surface area contributed by atoms with Crippen LogP contribution in [-0.2, 0) is 4.79 Å². The highest BCUT2D eigenvalue weighted by molar-refractivity contribution is 9.10. The monoisotopic (exact) mass is 477 g/mol. The molecule has 0 fully saturated rings. The Kier molecular flexibility index (Phi) is 7.25. The van der Waals surface area contributed by atoms with Crippen molar-refractivity contribution in [3.63, 3.8) is 0 Å². The van der Waals surface area contributed by atoms with Gasteiger partial charge >= 0.3 is 0 Å². The van der Waals surface area contributed by atoms with Gasteiger partial charge in [0.25, 0.3) is 0 Å². The highest BCUT2D eigenvalue weighted by atomic mass is 79.9. The van der Waals surface area contributed by atoms with Gasteiger partial charge in [-0.25, -0.2) is 9.97 Å². The summed E-state index contributed by atoms with van der Waals surface area (Å²) in [6, 6.07) is 9.86. The van der Waals surface area contributed by atoms with E-state index in [-0.39, 0.29) is 11.2 Å². The van der Waals surface area contributed by atoms with Crippen LogP contribution in [0.5, 0.6) is 0 Å². The van der Waals surface area contributed by atoms with E-state index < -0.39 is 0 Å². The van der Waals surface area contributed by atoms with Gasteiger partial charge in [-0.05, 0) is 44.0 Å². The SMILES string of the molecule is CC[C@H](Sc1nc(C)cc(C)n1)C(=O)NC1=NN=C(c2ccc(Br)cc2)CS1. The maximum absolute atomic E-state index is 12.7. The molecule has 9 heteroatoms. The molecular weight excluding hydrogens is 458 g/mol. The number of aryl methyl sites for hydroxylation is 2. The Morgan fingerprint density at radius 2 is 1.89 bits per heavy atom. The molecule has 0 bridgehead atoms. The summed E-state index contributed by atoms with van der Waals surface area (Å²) >= 11 is 6.27. The lowest BCUT2D eigenvalue weighted by atomic mass is 10.1. The van der Waals surface area contributed by atoms with Crippen molar-refractivity contribution in [2.45, 2.75) is 37.6 Å². The first-order valence-electron chi connectivity index (χ1n) is 8.77. The molecule has 0 unspecified atom stereocenters. The van der Waals surface area contributed by atoms with Crippen molar-refractivity contribution >= 4 is 56.2 Å². The van der Waals surface area contributed by atoms with Crippen LogP contribution in [0.25, 0.3) is 0 Å². The Balaban J connectivity index is 1.65. The summed E-state index contributed by atoms with van der Waals surface area (Å²) in [5.41, 5.74) is 3.71. The van der Waals surface area contributed by atoms with Crippen LogP contribution in [0, 0.1) is 13.8 Å². The van der Waals surface area contributed by atoms with Gasteiger partial charge in [-0.1, -0.05) is 58.5 Å². The molecule has 0 radical (unpaired) electrons. The highest BCUT2D eigenvalue weighted by Gasteiger charge is 2.22. The molecule has 1 aliphatic rings. The summed E-state index contributed by atoms with van der Waals surface area (Å²) < 4.78 is 1.02. The number of thioether (sulfide) groups is 2. The molecule has 0 saturated heterocycles. The summed E-state index contributed by atoms with van der Waals surface area (Å²) in [5, 5.41) is 12.2. The van der Waals surface area contributed by atoms with Crippen molar-refractivity contribution in [2.24, 2.45) is 10.2 Å². The topological polar surface area (TPSA) is 79.6 Å². The molecular formula is C19H20BrN5OS2. The van der Waals surface area contributed by atoms with E-state index in [2.05, 4.69) is 41.4 Å². The van der Waals surface area contributed by atoms with Crippen LogP contribution in [0.15, 0.2) is 50.2 Å². The van der Waals surface area contributed by atoms with Crippen LogP contribution in [0.3, 0.4) is 0 Å². The number of benzene rings is 1. The summed E-state index contributed by atoms with van der Waals surface area (Å²) in [7, 11) is 0. The summed E-state index contributed by atoms with van der Waals surface area (Å²) in [4.78, 5) is 21.5. The zero-order chi connectivity index (χ0) is 20.1. The minimum absolute atomic E-state index is 0.108. The zero-order valence-electron chi connectivity index (χ0n) is 15.8. The largest absolute Gasteiger partial charge is 0.303 e. The predicted octanol–water partition coefficient (Wildman–Crippen LogP) is 4.35. The third-order valence-electron chi connectivity index (χ3n) is 3.89. The molecule has 28 heavy (non-hydrogen) atoms. The number of nitrogens with zero attached hydrogens (tertiary/aromatic N) is 4. The van der Waals surface area contributed by atoms with E-state index in [1.807, 2.05) is 51.1 Å². The van der Waals surface area contributed by atoms with E-state index in [9.17, 15) is 4.79 Å². The van der Waals surface area contributed by atoms with E-state index in [4.69, 9.17) is 0 Å². The number of carbonyl (C=O) groups excluding carboxylic acids is 1. The lowest BCUT2D eigenvalue weighted by Crippen LogP contribution is -2.37. The molecule has 146 valence electrons. The molecule has 1 aromatic heterocycles. The fourth-order valence-corrected chi connectivity index (χ4v) is 4.54. The van der Waals surface area contributed by atoms with Crippen LogP contribution < -0.4 is 5.32 Å². The summed E-state index contributed by atoms with van der Waals surface area (Å²) in [5.74, 6) is 0.550. The van der Waals surface area contributed by atoms with Crippen LogP contribution in [0.2, 0.25) is 0 Å². The van der Waals surface area contributed by atoms with Gasteiger partial charge in [0, 0.05) is 21.6 Å². The van der Waals surface area contributed by atoms with Crippen molar-refractivity contribution in [3.8, 4) is 0 Å². The Morgan fingerprint density at radius 1 is 1.21 bits per heavy atom. The molecule has 2 heterocycles. The molecule has 0 saturated carbocycles. The van der Waals surface area contributed by atoms with Gasteiger partial charge < -0.3 is 5.32 Å². The number of carbonyl (C=O) groups is 1. The van der Waals surface area contributed by atoms with Gasteiger partial charge in [0.1, 0.15) is 0 Å². The van der Waals surface area contributed by atoms with Crippen LogP contribution in [0.4, 0.5) is 0 Å². The Labute approximate surface area is 181 Å². The molecule has 1 atom stereocenters. The fraction of sp³-hybridized carbons (Fsp3) is 0.316. The van der Waals surface area contributed by atoms with Gasteiger partial charge in [0.2, 0.25) is 5.91 Å².